The number of hydrogen-bond donors (Lipinski definition) is 0. The second kappa shape index (κ2) is 13.8. The van der Waals surface area contributed by atoms with Crippen molar-refractivity contribution in [3.05, 3.63) is 0 Å². The Labute approximate surface area is 110 Å². The molecule has 0 N–H and O–H groups in total. The van der Waals surface area contributed by atoms with Crippen LogP contribution in [0.25, 0.3) is 0 Å². The molecule has 106 valence electrons. The molecular weight excluding hydrogens is 236 g/mol. The predicted octanol–water partition coefficient (Wildman–Crippen LogP) is 3.60. The molecular formula is C13H30O3S. The van der Waals surface area contributed by atoms with Crippen molar-refractivity contribution in [3.63, 3.8) is 0 Å². The maximum atomic E-state index is 10.1. The molecule has 0 aliphatic carbocycles. The SMILES string of the molecule is CC(=O)C(C)C.CC(C)C.CC(C)OS(C)=O. The summed E-state index contributed by atoms with van der Waals surface area (Å²) in [6.07, 6.45) is 1.59. The lowest BCUT2D eigenvalue weighted by atomic mass is 10.1. The quantitative estimate of drug-likeness (QED) is 0.784. The molecule has 3 nitrogen and oxygen atoms in total. The van der Waals surface area contributed by atoms with Crippen LogP contribution in [-0.2, 0) is 20.1 Å². The smallest absolute Gasteiger partial charge is 0.152 e. The average molecular weight is 266 g/mol. The Morgan fingerprint density at radius 3 is 1.24 bits per heavy atom. The highest BCUT2D eigenvalue weighted by atomic mass is 32.2. The molecule has 4 heteroatoms. The van der Waals surface area contributed by atoms with Crippen molar-refractivity contribution in [2.75, 3.05) is 6.26 Å². The molecule has 0 spiro atoms. The molecule has 0 aromatic rings. The molecule has 0 amide bonds. The van der Waals surface area contributed by atoms with E-state index in [1.807, 2.05) is 27.7 Å². The van der Waals surface area contributed by atoms with Gasteiger partial charge in [-0.25, -0.2) is 4.21 Å². The topological polar surface area (TPSA) is 43.4 Å². The Balaban J connectivity index is -0.000000180. The monoisotopic (exact) mass is 266 g/mol. The highest BCUT2D eigenvalue weighted by Gasteiger charge is 1.95. The van der Waals surface area contributed by atoms with E-state index >= 15 is 0 Å². The molecule has 1 unspecified atom stereocenters. The number of Topliss-reactive ketones (excluding diaryl/α,β-unsaturated/α-hetero) is 1. The Morgan fingerprint density at radius 2 is 1.24 bits per heavy atom. The molecule has 0 aromatic heterocycles. The number of hydrogen-bond acceptors (Lipinski definition) is 3. The lowest BCUT2D eigenvalue weighted by Gasteiger charge is -1.99. The van der Waals surface area contributed by atoms with Crippen molar-refractivity contribution in [1.82, 2.24) is 0 Å². The minimum atomic E-state index is -1.10. The van der Waals surface area contributed by atoms with Crippen LogP contribution in [0.2, 0.25) is 0 Å². The lowest BCUT2D eigenvalue weighted by Crippen LogP contribution is -2.03. The molecule has 1 atom stereocenters. The highest BCUT2D eigenvalue weighted by Crippen LogP contribution is 1.89. The van der Waals surface area contributed by atoms with Gasteiger partial charge in [0.2, 0.25) is 0 Å². The van der Waals surface area contributed by atoms with Crippen LogP contribution >= 0.6 is 0 Å². The van der Waals surface area contributed by atoms with E-state index in [0.717, 1.165) is 5.92 Å². The molecule has 0 aromatic carbocycles. The fourth-order valence-corrected chi connectivity index (χ4v) is 0.813. The number of ketones is 1. The van der Waals surface area contributed by atoms with Gasteiger partial charge in [0.05, 0.1) is 6.10 Å². The van der Waals surface area contributed by atoms with Crippen LogP contribution < -0.4 is 0 Å². The van der Waals surface area contributed by atoms with Gasteiger partial charge in [-0.3, -0.25) is 8.98 Å². The molecule has 17 heavy (non-hydrogen) atoms. The van der Waals surface area contributed by atoms with E-state index in [9.17, 15) is 9.00 Å². The summed E-state index contributed by atoms with van der Waals surface area (Å²) in [7, 11) is 0. The second-order valence-corrected chi connectivity index (χ2v) is 6.04. The summed E-state index contributed by atoms with van der Waals surface area (Å²) in [5, 5.41) is 0. The second-order valence-electron chi connectivity index (χ2n) is 5.04. The van der Waals surface area contributed by atoms with Crippen molar-refractivity contribution in [1.29, 1.82) is 0 Å². The first-order chi connectivity index (χ1) is 7.50. The van der Waals surface area contributed by atoms with Crippen molar-refractivity contribution in [2.45, 2.75) is 61.5 Å². The van der Waals surface area contributed by atoms with Gasteiger partial charge in [-0.2, -0.15) is 0 Å². The zero-order chi connectivity index (χ0) is 14.6. The van der Waals surface area contributed by atoms with E-state index in [1.165, 1.54) is 6.26 Å². The number of rotatable bonds is 3. The number of carbonyl (C=O) groups is 1. The van der Waals surface area contributed by atoms with Gasteiger partial charge in [0.1, 0.15) is 5.78 Å². The Hall–Kier alpha value is -0.220. The largest absolute Gasteiger partial charge is 0.300 e. The summed E-state index contributed by atoms with van der Waals surface area (Å²) in [6, 6.07) is 0. The molecule has 0 aliphatic heterocycles. The normalized spacial score (nSPS) is 11.5. The van der Waals surface area contributed by atoms with Crippen LogP contribution in [-0.4, -0.2) is 22.4 Å². The van der Waals surface area contributed by atoms with Gasteiger partial charge in [0.25, 0.3) is 0 Å². The van der Waals surface area contributed by atoms with Gasteiger partial charge in [0.15, 0.2) is 11.1 Å². The average Bonchev–Trinajstić information content (AvgIpc) is 2.00. The molecule has 0 saturated carbocycles. The third kappa shape index (κ3) is 49.5. The van der Waals surface area contributed by atoms with E-state index in [-0.39, 0.29) is 17.8 Å². The maximum Gasteiger partial charge on any atom is 0.152 e. The minimum Gasteiger partial charge on any atom is -0.300 e. The van der Waals surface area contributed by atoms with Crippen molar-refractivity contribution < 1.29 is 13.2 Å². The van der Waals surface area contributed by atoms with Gasteiger partial charge in [0, 0.05) is 12.2 Å². The maximum absolute atomic E-state index is 10.1. The van der Waals surface area contributed by atoms with E-state index in [1.54, 1.807) is 6.92 Å². The lowest BCUT2D eigenvalue weighted by molar-refractivity contribution is -0.119. The van der Waals surface area contributed by atoms with Crippen LogP contribution in [0.3, 0.4) is 0 Å². The van der Waals surface area contributed by atoms with E-state index in [2.05, 4.69) is 20.8 Å². The van der Waals surface area contributed by atoms with Crippen LogP contribution in [0.5, 0.6) is 0 Å². The first-order valence-corrected chi connectivity index (χ1v) is 7.49. The summed E-state index contributed by atoms with van der Waals surface area (Å²) < 4.78 is 14.9. The van der Waals surface area contributed by atoms with Gasteiger partial charge < -0.3 is 0 Å². The van der Waals surface area contributed by atoms with Crippen LogP contribution in [0.15, 0.2) is 0 Å². The standard InChI is InChI=1S/C5H10O.C4H10O2S.C4H10/c1-4(2)5(3)6;1-4(2)6-7(3)5;1-4(2)3/h4H,1-3H3;4H,1-3H3;4H,1-3H3. The molecule has 0 fully saturated rings. The van der Waals surface area contributed by atoms with Crippen LogP contribution in [0.4, 0.5) is 0 Å². The first-order valence-electron chi connectivity index (χ1n) is 6.01. The van der Waals surface area contributed by atoms with Crippen molar-refractivity contribution in [2.24, 2.45) is 11.8 Å². The third-order valence-electron chi connectivity index (χ3n) is 1.14. The van der Waals surface area contributed by atoms with Crippen molar-refractivity contribution in [3.8, 4) is 0 Å². The Kier molecular flexibility index (Phi) is 17.9. The first kappa shape index (κ1) is 22.0. The molecule has 0 saturated heterocycles. The molecule has 0 bridgehead atoms. The fourth-order valence-electron chi connectivity index (χ4n) is 0.271. The minimum absolute atomic E-state index is 0.0748. The van der Waals surface area contributed by atoms with Crippen LogP contribution in [0, 0.1) is 11.8 Å². The highest BCUT2D eigenvalue weighted by molar-refractivity contribution is 7.79. The fraction of sp³-hybridized carbons (Fsp3) is 0.923. The number of carbonyl (C=O) groups excluding carboxylic acids is 1. The predicted molar refractivity (Wildman–Crippen MR) is 76.3 cm³/mol. The van der Waals surface area contributed by atoms with Gasteiger partial charge in [-0.1, -0.05) is 34.6 Å². The van der Waals surface area contributed by atoms with Gasteiger partial charge in [-0.05, 0) is 26.7 Å². The van der Waals surface area contributed by atoms with Crippen molar-refractivity contribution >= 4 is 16.9 Å². The van der Waals surface area contributed by atoms with E-state index < -0.39 is 11.1 Å². The molecule has 0 rings (SSSR count). The summed E-state index contributed by atoms with van der Waals surface area (Å²) >= 11 is -1.10. The van der Waals surface area contributed by atoms with Gasteiger partial charge >= 0.3 is 0 Å². The summed E-state index contributed by atoms with van der Waals surface area (Å²) in [5.74, 6) is 1.31. The summed E-state index contributed by atoms with van der Waals surface area (Å²) in [5.41, 5.74) is 0. The Morgan fingerprint density at radius 1 is 1.00 bits per heavy atom. The van der Waals surface area contributed by atoms with Gasteiger partial charge in [-0.15, -0.1) is 0 Å². The molecule has 0 heterocycles. The molecule has 0 radical (unpaired) electrons. The summed E-state index contributed by atoms with van der Waals surface area (Å²) in [6.45, 7) is 15.6. The molecule has 0 aliphatic rings. The Bertz CT molecular complexity index is 196. The zero-order valence-electron chi connectivity index (χ0n) is 12.9. The summed E-state index contributed by atoms with van der Waals surface area (Å²) in [4.78, 5) is 10.1. The zero-order valence-corrected chi connectivity index (χ0v) is 13.7. The van der Waals surface area contributed by atoms with E-state index in [0.29, 0.717) is 0 Å². The van der Waals surface area contributed by atoms with E-state index in [4.69, 9.17) is 4.18 Å². The third-order valence-corrected chi connectivity index (χ3v) is 1.80. The van der Waals surface area contributed by atoms with Crippen LogP contribution in [0.1, 0.15) is 55.4 Å².